The first kappa shape index (κ1) is 18.2. The van der Waals surface area contributed by atoms with Crippen LogP contribution in [0.25, 0.3) is 0 Å². The molecule has 0 spiro atoms. The highest BCUT2D eigenvalue weighted by Gasteiger charge is 2.28. The third-order valence-corrected chi connectivity index (χ3v) is 6.72. The van der Waals surface area contributed by atoms with Crippen LogP contribution in [0.15, 0.2) is 41.8 Å². The van der Waals surface area contributed by atoms with Crippen LogP contribution in [0, 0.1) is 5.92 Å². The SMILES string of the molecule is O=C(NC(c1cccs1)C1CCCC1)c1ccc(CN2CCCC2=O)cc1. The molecule has 2 aliphatic rings. The largest absolute Gasteiger partial charge is 0.344 e. The van der Waals surface area contributed by atoms with Crippen molar-refractivity contribution in [2.75, 3.05) is 6.54 Å². The van der Waals surface area contributed by atoms with Gasteiger partial charge in [-0.25, -0.2) is 0 Å². The van der Waals surface area contributed by atoms with Gasteiger partial charge in [-0.1, -0.05) is 31.0 Å². The second kappa shape index (κ2) is 8.26. The summed E-state index contributed by atoms with van der Waals surface area (Å²) in [7, 11) is 0. The molecule has 2 aromatic rings. The number of carbonyl (C=O) groups excluding carboxylic acids is 2. The van der Waals surface area contributed by atoms with E-state index >= 15 is 0 Å². The Bertz CT molecular complexity index is 779. The Hall–Kier alpha value is -2.14. The van der Waals surface area contributed by atoms with Gasteiger partial charge in [-0.05, 0) is 54.3 Å². The monoisotopic (exact) mass is 382 g/mol. The normalized spacial score (nSPS) is 18.8. The van der Waals surface area contributed by atoms with Crippen molar-refractivity contribution in [2.45, 2.75) is 51.1 Å². The molecule has 2 heterocycles. The Morgan fingerprint density at radius 2 is 1.93 bits per heavy atom. The number of hydrogen-bond acceptors (Lipinski definition) is 3. The Kier molecular flexibility index (Phi) is 5.58. The van der Waals surface area contributed by atoms with Gasteiger partial charge >= 0.3 is 0 Å². The molecule has 1 aliphatic carbocycles. The summed E-state index contributed by atoms with van der Waals surface area (Å²) in [5.41, 5.74) is 1.76. The second-order valence-corrected chi connectivity index (χ2v) is 8.61. The lowest BCUT2D eigenvalue weighted by molar-refractivity contribution is -0.128. The van der Waals surface area contributed by atoms with Crippen LogP contribution < -0.4 is 5.32 Å². The standard InChI is InChI=1S/C22H26N2O2S/c25-20-8-3-13-24(20)15-16-9-11-18(12-10-16)22(26)23-21(17-5-1-2-6-17)19-7-4-14-27-19/h4,7,9-12,14,17,21H,1-3,5-6,8,13,15H2,(H,23,26). The topological polar surface area (TPSA) is 49.4 Å². The van der Waals surface area contributed by atoms with Crippen molar-refractivity contribution in [3.63, 3.8) is 0 Å². The molecule has 4 nitrogen and oxygen atoms in total. The van der Waals surface area contributed by atoms with Gasteiger partial charge in [0.15, 0.2) is 0 Å². The lowest BCUT2D eigenvalue weighted by atomic mass is 9.96. The average molecular weight is 383 g/mol. The van der Waals surface area contributed by atoms with Gasteiger partial charge in [-0.2, -0.15) is 0 Å². The first-order valence-electron chi connectivity index (χ1n) is 9.92. The number of amides is 2. The van der Waals surface area contributed by atoms with E-state index in [4.69, 9.17) is 0 Å². The lowest BCUT2D eigenvalue weighted by Gasteiger charge is -2.24. The molecule has 1 saturated carbocycles. The van der Waals surface area contributed by atoms with E-state index in [0.29, 0.717) is 24.4 Å². The van der Waals surface area contributed by atoms with Crippen LogP contribution in [0.2, 0.25) is 0 Å². The average Bonchev–Trinajstić information content (AvgIpc) is 3.44. The molecule has 1 aliphatic heterocycles. The predicted octanol–water partition coefficient (Wildman–Crippen LogP) is 4.53. The molecule has 1 atom stereocenters. The zero-order valence-electron chi connectivity index (χ0n) is 15.5. The summed E-state index contributed by atoms with van der Waals surface area (Å²) in [6.45, 7) is 1.48. The number of hydrogen-bond donors (Lipinski definition) is 1. The van der Waals surface area contributed by atoms with Gasteiger partial charge in [-0.15, -0.1) is 11.3 Å². The maximum atomic E-state index is 12.8. The van der Waals surface area contributed by atoms with Crippen molar-refractivity contribution in [3.05, 3.63) is 57.8 Å². The third-order valence-electron chi connectivity index (χ3n) is 5.77. The van der Waals surface area contributed by atoms with Crippen LogP contribution in [-0.4, -0.2) is 23.3 Å². The Balaban J connectivity index is 1.42. The number of likely N-dealkylation sites (tertiary alicyclic amines) is 1. The molecular weight excluding hydrogens is 356 g/mol. The predicted molar refractivity (Wildman–Crippen MR) is 108 cm³/mol. The van der Waals surface area contributed by atoms with Crippen molar-refractivity contribution in [1.82, 2.24) is 10.2 Å². The summed E-state index contributed by atoms with van der Waals surface area (Å²) in [4.78, 5) is 27.8. The maximum absolute atomic E-state index is 12.8. The van der Waals surface area contributed by atoms with E-state index < -0.39 is 0 Å². The van der Waals surface area contributed by atoms with Crippen molar-refractivity contribution in [3.8, 4) is 0 Å². The molecule has 1 saturated heterocycles. The highest BCUT2D eigenvalue weighted by atomic mass is 32.1. The zero-order chi connectivity index (χ0) is 18.6. The molecule has 5 heteroatoms. The van der Waals surface area contributed by atoms with E-state index in [0.717, 1.165) is 18.5 Å². The van der Waals surface area contributed by atoms with E-state index in [9.17, 15) is 9.59 Å². The lowest BCUT2D eigenvalue weighted by Crippen LogP contribution is -2.32. The first-order chi connectivity index (χ1) is 13.2. The van der Waals surface area contributed by atoms with Crippen molar-refractivity contribution < 1.29 is 9.59 Å². The van der Waals surface area contributed by atoms with Crippen LogP contribution in [0.4, 0.5) is 0 Å². The van der Waals surface area contributed by atoms with Crippen LogP contribution in [0.5, 0.6) is 0 Å². The van der Waals surface area contributed by atoms with Gasteiger partial charge in [0.2, 0.25) is 5.91 Å². The fourth-order valence-electron chi connectivity index (χ4n) is 4.26. The minimum atomic E-state index is -0.0101. The molecular formula is C22H26N2O2S. The molecule has 4 rings (SSSR count). The molecule has 2 fully saturated rings. The fourth-order valence-corrected chi connectivity index (χ4v) is 5.13. The second-order valence-electron chi connectivity index (χ2n) is 7.63. The molecule has 1 N–H and O–H groups in total. The van der Waals surface area contributed by atoms with Gasteiger partial charge < -0.3 is 10.2 Å². The van der Waals surface area contributed by atoms with Gasteiger partial charge in [0.05, 0.1) is 6.04 Å². The minimum absolute atomic E-state index is 0.0101. The molecule has 1 aromatic heterocycles. The van der Waals surface area contributed by atoms with Gasteiger partial charge in [0, 0.05) is 30.0 Å². The highest BCUT2D eigenvalue weighted by Crippen LogP contribution is 2.37. The molecule has 27 heavy (non-hydrogen) atoms. The van der Waals surface area contributed by atoms with Crippen molar-refractivity contribution >= 4 is 23.2 Å². The van der Waals surface area contributed by atoms with E-state index in [2.05, 4.69) is 22.8 Å². The quantitative estimate of drug-likeness (QED) is 0.798. The fraction of sp³-hybridized carbons (Fsp3) is 0.455. The molecule has 1 unspecified atom stereocenters. The minimum Gasteiger partial charge on any atom is -0.344 e. The summed E-state index contributed by atoms with van der Waals surface area (Å²) in [6, 6.07) is 12.0. The van der Waals surface area contributed by atoms with Crippen LogP contribution in [0.1, 0.15) is 65.4 Å². The summed E-state index contributed by atoms with van der Waals surface area (Å²) < 4.78 is 0. The van der Waals surface area contributed by atoms with E-state index in [1.54, 1.807) is 11.3 Å². The molecule has 0 radical (unpaired) electrons. The maximum Gasteiger partial charge on any atom is 0.251 e. The number of nitrogens with zero attached hydrogens (tertiary/aromatic N) is 1. The van der Waals surface area contributed by atoms with E-state index in [-0.39, 0.29) is 17.9 Å². The Morgan fingerprint density at radius 1 is 1.15 bits per heavy atom. The number of benzene rings is 1. The summed E-state index contributed by atoms with van der Waals surface area (Å²) >= 11 is 1.72. The van der Waals surface area contributed by atoms with Crippen LogP contribution in [-0.2, 0) is 11.3 Å². The molecule has 142 valence electrons. The molecule has 1 aromatic carbocycles. The summed E-state index contributed by atoms with van der Waals surface area (Å²) in [5.74, 6) is 0.754. The van der Waals surface area contributed by atoms with Gasteiger partial charge in [-0.3, -0.25) is 9.59 Å². The smallest absolute Gasteiger partial charge is 0.251 e. The Labute approximate surface area is 164 Å². The number of thiophene rings is 1. The number of carbonyl (C=O) groups is 2. The van der Waals surface area contributed by atoms with Crippen molar-refractivity contribution in [2.24, 2.45) is 5.92 Å². The van der Waals surface area contributed by atoms with Gasteiger partial charge in [0.1, 0.15) is 0 Å². The first-order valence-corrected chi connectivity index (χ1v) is 10.8. The van der Waals surface area contributed by atoms with E-state index in [1.807, 2.05) is 29.2 Å². The molecule has 2 amide bonds. The van der Waals surface area contributed by atoms with E-state index in [1.165, 1.54) is 30.6 Å². The third kappa shape index (κ3) is 4.24. The Morgan fingerprint density at radius 3 is 2.56 bits per heavy atom. The van der Waals surface area contributed by atoms with Crippen LogP contribution in [0.3, 0.4) is 0 Å². The van der Waals surface area contributed by atoms with Gasteiger partial charge in [0.25, 0.3) is 5.91 Å². The number of nitrogens with one attached hydrogen (secondary N) is 1. The number of rotatable bonds is 6. The zero-order valence-corrected chi connectivity index (χ0v) is 16.3. The van der Waals surface area contributed by atoms with Crippen LogP contribution >= 0.6 is 11.3 Å². The summed E-state index contributed by atoms with van der Waals surface area (Å²) in [6.07, 6.45) is 6.49. The van der Waals surface area contributed by atoms with Crippen molar-refractivity contribution in [1.29, 1.82) is 0 Å². The molecule has 0 bridgehead atoms. The highest BCUT2D eigenvalue weighted by molar-refractivity contribution is 7.10. The summed E-state index contributed by atoms with van der Waals surface area (Å²) in [5, 5.41) is 5.37.